The molecule has 5 heteroatoms. The summed E-state index contributed by atoms with van der Waals surface area (Å²) < 4.78 is 12.6. The van der Waals surface area contributed by atoms with Crippen LogP contribution in [0.15, 0.2) is 22.8 Å². The molecule has 0 bridgehead atoms. The SMILES string of the molecule is Fc1ncccc1Br.O=CO. The Morgan fingerprint density at radius 2 is 2.27 bits per heavy atom. The molecule has 0 saturated heterocycles. The van der Waals surface area contributed by atoms with Gasteiger partial charge in [-0.1, -0.05) is 0 Å². The van der Waals surface area contributed by atoms with Crippen molar-refractivity contribution in [1.82, 2.24) is 4.98 Å². The highest BCUT2D eigenvalue weighted by atomic mass is 79.9. The van der Waals surface area contributed by atoms with Gasteiger partial charge in [-0.25, -0.2) is 4.98 Å². The van der Waals surface area contributed by atoms with Crippen LogP contribution >= 0.6 is 15.9 Å². The van der Waals surface area contributed by atoms with Gasteiger partial charge in [0.25, 0.3) is 6.47 Å². The number of rotatable bonds is 0. The number of nitrogens with zero attached hydrogens (tertiary/aromatic N) is 1. The third-order valence-electron chi connectivity index (χ3n) is 0.714. The van der Waals surface area contributed by atoms with Crippen molar-refractivity contribution in [1.29, 1.82) is 0 Å². The molecule has 1 aromatic heterocycles. The predicted molar refractivity (Wildman–Crippen MR) is 40.6 cm³/mol. The molecule has 0 aliphatic heterocycles. The lowest BCUT2D eigenvalue weighted by molar-refractivity contribution is -0.122. The van der Waals surface area contributed by atoms with E-state index in [1.807, 2.05) is 0 Å². The quantitative estimate of drug-likeness (QED) is 0.536. The summed E-state index contributed by atoms with van der Waals surface area (Å²) in [5.41, 5.74) is 0. The standard InChI is InChI=1S/C5H3BrFN.CH2O2/c6-4-2-1-3-8-5(4)7;2-1-3/h1-3H;1H,(H,2,3). The van der Waals surface area contributed by atoms with Crippen LogP contribution in [0, 0.1) is 5.95 Å². The highest BCUT2D eigenvalue weighted by Gasteiger charge is 1.92. The normalized spacial score (nSPS) is 7.82. The van der Waals surface area contributed by atoms with Gasteiger partial charge < -0.3 is 5.11 Å². The molecule has 60 valence electrons. The molecule has 11 heavy (non-hydrogen) atoms. The molecule has 3 nitrogen and oxygen atoms in total. The monoisotopic (exact) mass is 221 g/mol. The Labute approximate surface area is 71.0 Å². The van der Waals surface area contributed by atoms with E-state index >= 15 is 0 Å². The van der Waals surface area contributed by atoms with Crippen LogP contribution in [-0.2, 0) is 4.79 Å². The number of hydrogen-bond donors (Lipinski definition) is 1. The zero-order valence-electron chi connectivity index (χ0n) is 5.37. The summed E-state index contributed by atoms with van der Waals surface area (Å²) in [5.74, 6) is -0.465. The van der Waals surface area contributed by atoms with E-state index in [4.69, 9.17) is 9.90 Å². The highest BCUT2D eigenvalue weighted by Crippen LogP contribution is 2.09. The molecule has 0 radical (unpaired) electrons. The average Bonchev–Trinajstić information content (AvgIpc) is 1.97. The van der Waals surface area contributed by atoms with Gasteiger partial charge >= 0.3 is 0 Å². The van der Waals surface area contributed by atoms with E-state index in [1.54, 1.807) is 12.1 Å². The van der Waals surface area contributed by atoms with E-state index in [0.717, 1.165) is 0 Å². The fourth-order valence-corrected chi connectivity index (χ4v) is 0.621. The van der Waals surface area contributed by atoms with Gasteiger partial charge in [-0.2, -0.15) is 4.39 Å². The largest absolute Gasteiger partial charge is 0.483 e. The van der Waals surface area contributed by atoms with Crippen LogP contribution in [0.2, 0.25) is 0 Å². The molecule has 1 aromatic rings. The average molecular weight is 222 g/mol. The van der Waals surface area contributed by atoms with E-state index < -0.39 is 5.95 Å². The Morgan fingerprint density at radius 1 is 1.73 bits per heavy atom. The molecule has 0 saturated carbocycles. The minimum atomic E-state index is -0.465. The van der Waals surface area contributed by atoms with E-state index in [2.05, 4.69) is 20.9 Å². The van der Waals surface area contributed by atoms with Crippen molar-refractivity contribution in [2.24, 2.45) is 0 Å². The first-order valence-corrected chi connectivity index (χ1v) is 3.35. The first-order valence-electron chi connectivity index (χ1n) is 2.56. The Morgan fingerprint density at radius 3 is 2.55 bits per heavy atom. The van der Waals surface area contributed by atoms with Gasteiger partial charge in [-0.05, 0) is 28.1 Å². The lowest BCUT2D eigenvalue weighted by Gasteiger charge is -1.86. The van der Waals surface area contributed by atoms with Crippen LogP contribution in [0.3, 0.4) is 0 Å². The second kappa shape index (κ2) is 5.79. The Balaban J connectivity index is 0.000000292. The highest BCUT2D eigenvalue weighted by molar-refractivity contribution is 9.10. The summed E-state index contributed by atoms with van der Waals surface area (Å²) >= 11 is 2.96. The number of aromatic nitrogens is 1. The zero-order chi connectivity index (χ0) is 8.69. The molecular weight excluding hydrogens is 217 g/mol. The number of halogens is 2. The molecule has 0 aliphatic rings. The molecule has 0 aromatic carbocycles. The van der Waals surface area contributed by atoms with Crippen LogP contribution in [-0.4, -0.2) is 16.6 Å². The molecule has 0 amide bonds. The Kier molecular flexibility index (Phi) is 5.28. The van der Waals surface area contributed by atoms with Crippen LogP contribution in [0.1, 0.15) is 0 Å². The molecule has 0 spiro atoms. The maximum atomic E-state index is 12.2. The van der Waals surface area contributed by atoms with Crippen molar-refractivity contribution in [2.45, 2.75) is 0 Å². The maximum absolute atomic E-state index is 12.2. The molecule has 0 atom stereocenters. The van der Waals surface area contributed by atoms with Crippen LogP contribution in [0.4, 0.5) is 4.39 Å². The molecule has 1 N–H and O–H groups in total. The molecular formula is C6H5BrFNO2. The van der Waals surface area contributed by atoms with Crippen LogP contribution < -0.4 is 0 Å². The van der Waals surface area contributed by atoms with Crippen molar-refractivity contribution < 1.29 is 14.3 Å². The van der Waals surface area contributed by atoms with Crippen LogP contribution in [0.25, 0.3) is 0 Å². The molecule has 1 heterocycles. The van der Waals surface area contributed by atoms with Crippen molar-refractivity contribution >= 4 is 22.4 Å². The Hall–Kier alpha value is -0.970. The minimum Gasteiger partial charge on any atom is -0.483 e. The van der Waals surface area contributed by atoms with Gasteiger partial charge in [0.05, 0.1) is 4.47 Å². The third-order valence-corrected chi connectivity index (χ3v) is 1.31. The summed E-state index contributed by atoms with van der Waals surface area (Å²) in [5, 5.41) is 6.89. The molecule has 0 unspecified atom stereocenters. The van der Waals surface area contributed by atoms with E-state index in [0.29, 0.717) is 4.47 Å². The lowest BCUT2D eigenvalue weighted by atomic mass is 10.5. The summed E-state index contributed by atoms with van der Waals surface area (Å²) in [6.45, 7) is -0.250. The van der Waals surface area contributed by atoms with Gasteiger partial charge in [-0.3, -0.25) is 4.79 Å². The number of pyridine rings is 1. The topological polar surface area (TPSA) is 50.2 Å². The molecule has 1 rings (SSSR count). The molecule has 0 aliphatic carbocycles. The molecule has 0 fully saturated rings. The first-order chi connectivity index (χ1) is 5.22. The van der Waals surface area contributed by atoms with Gasteiger partial charge in [0.1, 0.15) is 0 Å². The third kappa shape index (κ3) is 4.44. The number of hydrogen-bond acceptors (Lipinski definition) is 2. The number of carboxylic acid groups (broad SMARTS) is 1. The summed E-state index contributed by atoms with van der Waals surface area (Å²) in [7, 11) is 0. The second-order valence-corrected chi connectivity index (χ2v) is 2.24. The summed E-state index contributed by atoms with van der Waals surface area (Å²) in [4.78, 5) is 11.7. The van der Waals surface area contributed by atoms with Crippen molar-refractivity contribution in [2.75, 3.05) is 0 Å². The number of carbonyl (C=O) groups is 1. The fourth-order valence-electron chi connectivity index (χ4n) is 0.366. The van der Waals surface area contributed by atoms with E-state index in [1.165, 1.54) is 6.20 Å². The predicted octanol–water partition coefficient (Wildman–Crippen LogP) is 1.68. The summed E-state index contributed by atoms with van der Waals surface area (Å²) in [6, 6.07) is 3.26. The van der Waals surface area contributed by atoms with Crippen molar-refractivity contribution in [3.63, 3.8) is 0 Å². The van der Waals surface area contributed by atoms with Crippen molar-refractivity contribution in [3.05, 3.63) is 28.7 Å². The van der Waals surface area contributed by atoms with Crippen LogP contribution in [0.5, 0.6) is 0 Å². The van der Waals surface area contributed by atoms with Gasteiger partial charge in [0.15, 0.2) is 0 Å². The fraction of sp³-hybridized carbons (Fsp3) is 0. The lowest BCUT2D eigenvalue weighted by Crippen LogP contribution is -1.79. The van der Waals surface area contributed by atoms with E-state index in [9.17, 15) is 4.39 Å². The van der Waals surface area contributed by atoms with E-state index in [-0.39, 0.29) is 6.47 Å². The Bertz CT molecular complexity index is 211. The maximum Gasteiger partial charge on any atom is 0.290 e. The first kappa shape index (κ1) is 10.0. The zero-order valence-corrected chi connectivity index (χ0v) is 6.95. The van der Waals surface area contributed by atoms with Gasteiger partial charge in [-0.15, -0.1) is 0 Å². The van der Waals surface area contributed by atoms with Gasteiger partial charge in [0, 0.05) is 6.20 Å². The minimum absolute atomic E-state index is 0.250. The second-order valence-electron chi connectivity index (χ2n) is 1.38. The smallest absolute Gasteiger partial charge is 0.290 e. The summed E-state index contributed by atoms with van der Waals surface area (Å²) in [6.07, 6.45) is 1.40. The van der Waals surface area contributed by atoms with Crippen molar-refractivity contribution in [3.8, 4) is 0 Å². The van der Waals surface area contributed by atoms with Gasteiger partial charge in [0.2, 0.25) is 5.95 Å².